The summed E-state index contributed by atoms with van der Waals surface area (Å²) < 4.78 is 35.6. The fraction of sp³-hybridized carbons (Fsp3) is 0.551. The maximum absolute atomic E-state index is 14.6. The smallest absolute Gasteiger partial charge is 0.348 e. The van der Waals surface area contributed by atoms with Gasteiger partial charge in [0, 0.05) is 55.2 Å². The van der Waals surface area contributed by atoms with Gasteiger partial charge < -0.3 is 43.7 Å². The van der Waals surface area contributed by atoms with Crippen LogP contribution in [0.25, 0.3) is 6.08 Å². The normalized spacial score (nSPS) is 24.4. The Labute approximate surface area is 373 Å². The number of rotatable bonds is 17. The van der Waals surface area contributed by atoms with Crippen LogP contribution in [-0.2, 0) is 58.8 Å². The van der Waals surface area contributed by atoms with Crippen LogP contribution in [-0.4, -0.2) is 114 Å². The Hall–Kier alpha value is -5.38. The molecule has 7 rings (SSSR count). The van der Waals surface area contributed by atoms with E-state index >= 15 is 0 Å². The molecule has 2 heterocycles. The Kier molecular flexibility index (Phi) is 13.8. The van der Waals surface area contributed by atoms with Gasteiger partial charge in [-0.05, 0) is 88.3 Å². The summed E-state index contributed by atoms with van der Waals surface area (Å²) in [5.74, 6) is -3.82. The number of nitrogens with zero attached hydrogens (tertiary/aromatic N) is 1. The van der Waals surface area contributed by atoms with Crippen molar-refractivity contribution in [3.63, 3.8) is 0 Å². The topological polar surface area (TPSA) is 193 Å². The van der Waals surface area contributed by atoms with Gasteiger partial charge in [-0.25, -0.2) is 14.4 Å². The molecule has 5 aliphatic rings. The molecule has 2 saturated carbocycles. The predicted molar refractivity (Wildman–Crippen MR) is 231 cm³/mol. The summed E-state index contributed by atoms with van der Waals surface area (Å²) in [6.07, 6.45) is 5.20. The van der Waals surface area contributed by atoms with Crippen molar-refractivity contribution in [3.8, 4) is 0 Å². The second-order valence-corrected chi connectivity index (χ2v) is 19.3. The summed E-state index contributed by atoms with van der Waals surface area (Å²) in [5, 5.41) is 13.1. The number of benzene rings is 2. The molecule has 2 N–H and O–H groups in total. The molecular formula is C49H60N2O13. The van der Waals surface area contributed by atoms with Crippen LogP contribution in [0.1, 0.15) is 101 Å². The molecule has 0 spiro atoms. The minimum Gasteiger partial charge on any atom is -0.462 e. The van der Waals surface area contributed by atoms with Gasteiger partial charge in [0.05, 0.1) is 18.2 Å². The van der Waals surface area contributed by atoms with Gasteiger partial charge in [0.1, 0.15) is 36.6 Å². The highest BCUT2D eigenvalue weighted by molar-refractivity contribution is 5.97. The van der Waals surface area contributed by atoms with Crippen LogP contribution in [0.2, 0.25) is 0 Å². The average Bonchev–Trinajstić information content (AvgIpc) is 4.21. The molecule has 15 nitrogen and oxygen atoms in total. The van der Waals surface area contributed by atoms with Crippen LogP contribution in [0.3, 0.4) is 0 Å². The first-order valence-corrected chi connectivity index (χ1v) is 22.2. The van der Waals surface area contributed by atoms with E-state index in [2.05, 4.69) is 5.32 Å². The molecule has 0 radical (unpaired) electrons. The van der Waals surface area contributed by atoms with Gasteiger partial charge in [-0.1, -0.05) is 56.3 Å². The zero-order valence-corrected chi connectivity index (χ0v) is 37.4. The maximum Gasteiger partial charge on any atom is 0.348 e. The number of aliphatic hydroxyl groups excluding tert-OH is 1. The van der Waals surface area contributed by atoms with Crippen molar-refractivity contribution in [2.75, 3.05) is 20.3 Å². The van der Waals surface area contributed by atoms with Crippen LogP contribution < -0.4 is 5.32 Å². The highest BCUT2D eigenvalue weighted by Crippen LogP contribution is 2.59. The number of ether oxygens (including phenoxy) is 6. The molecule has 3 aliphatic carbocycles. The molecule has 2 amide bonds. The second kappa shape index (κ2) is 19.0. The number of carbonyl (C=O) groups is 6. The number of fused-ring (bicyclic) bond motifs is 1. The summed E-state index contributed by atoms with van der Waals surface area (Å²) >= 11 is 0. The molecule has 64 heavy (non-hydrogen) atoms. The minimum atomic E-state index is -1.02. The fourth-order valence-electron chi connectivity index (χ4n) is 8.55. The van der Waals surface area contributed by atoms with Gasteiger partial charge in [-0.15, -0.1) is 0 Å². The number of aliphatic hydroxyl groups is 1. The van der Waals surface area contributed by atoms with Crippen LogP contribution >= 0.6 is 0 Å². The van der Waals surface area contributed by atoms with Gasteiger partial charge in [-0.2, -0.15) is 0 Å². The standard InChI is InChI=1S/C49H60N2O13/c1-47(2,3)63-40(54)23-21-35(27-52)50-43(55)36(24-30-10-8-7-9-11-30)51(6)44(56)32-25-37(41-38(26-32)62-49(64-41,33-17-18-33)34-19-20-34)60-45(57)31-15-12-29(13-16-31)14-22-39(53)61-42-46(58)59-28-48(42,4)5/h7-16,22,26,33-38,41-42,52H,17-21,23-25,27-28H2,1-6H3,(H,50,55)/t35-,36+,37+,38+,41-,42-/m0/s1. The third-order valence-electron chi connectivity index (χ3n) is 12.3. The van der Waals surface area contributed by atoms with Crippen molar-refractivity contribution in [2.45, 2.75) is 134 Å². The summed E-state index contributed by atoms with van der Waals surface area (Å²) in [6, 6.07) is 13.9. The molecule has 6 atom stereocenters. The van der Waals surface area contributed by atoms with Crippen LogP contribution in [0, 0.1) is 17.3 Å². The van der Waals surface area contributed by atoms with Crippen molar-refractivity contribution in [2.24, 2.45) is 17.3 Å². The number of nitrogens with one attached hydrogen (secondary N) is 1. The van der Waals surface area contributed by atoms with Gasteiger partial charge in [0.25, 0.3) is 0 Å². The Morgan fingerprint density at radius 2 is 1.62 bits per heavy atom. The lowest BCUT2D eigenvalue weighted by atomic mass is 9.90. The van der Waals surface area contributed by atoms with Gasteiger partial charge in [0.15, 0.2) is 5.79 Å². The van der Waals surface area contributed by atoms with E-state index in [1.165, 1.54) is 17.1 Å². The summed E-state index contributed by atoms with van der Waals surface area (Å²) in [4.78, 5) is 81.0. The van der Waals surface area contributed by atoms with Crippen LogP contribution in [0.5, 0.6) is 0 Å². The van der Waals surface area contributed by atoms with E-state index in [9.17, 15) is 33.9 Å². The fourth-order valence-corrected chi connectivity index (χ4v) is 8.55. The van der Waals surface area contributed by atoms with E-state index < -0.39 is 95.6 Å². The monoisotopic (exact) mass is 884 g/mol. The Morgan fingerprint density at radius 3 is 2.22 bits per heavy atom. The number of hydrogen-bond donors (Lipinski definition) is 2. The highest BCUT2D eigenvalue weighted by Gasteiger charge is 2.64. The van der Waals surface area contributed by atoms with Crippen LogP contribution in [0.4, 0.5) is 0 Å². The van der Waals surface area contributed by atoms with E-state index in [4.69, 9.17) is 28.4 Å². The van der Waals surface area contributed by atoms with Crippen molar-refractivity contribution in [1.82, 2.24) is 10.2 Å². The van der Waals surface area contributed by atoms with Gasteiger partial charge in [-0.3, -0.25) is 14.4 Å². The summed E-state index contributed by atoms with van der Waals surface area (Å²) in [6.45, 7) is 8.56. The number of esters is 4. The van der Waals surface area contributed by atoms with Gasteiger partial charge in [0.2, 0.25) is 17.9 Å². The lowest BCUT2D eigenvalue weighted by Crippen LogP contribution is -2.53. The zero-order valence-electron chi connectivity index (χ0n) is 37.4. The first-order chi connectivity index (χ1) is 30.4. The summed E-state index contributed by atoms with van der Waals surface area (Å²) in [5.41, 5.74) is 0.580. The molecule has 344 valence electrons. The summed E-state index contributed by atoms with van der Waals surface area (Å²) in [7, 11) is 1.54. The third kappa shape index (κ3) is 11.1. The SMILES string of the molecule is CN(C(=O)C1=C[C@H]2OC(C3CC3)(C3CC3)O[C@H]2[C@H](OC(=O)c2ccc(C=CC(=O)O[C@H]3C(=O)OCC3(C)C)cc2)C1)[C@H](Cc1ccccc1)C(=O)N[C@H](CO)CCC(=O)OC(C)(C)C. The Morgan fingerprint density at radius 1 is 0.953 bits per heavy atom. The molecular weight excluding hydrogens is 825 g/mol. The van der Waals surface area contributed by atoms with Crippen molar-refractivity contribution in [1.29, 1.82) is 0 Å². The molecule has 2 aromatic rings. The highest BCUT2D eigenvalue weighted by atomic mass is 16.8. The van der Waals surface area contributed by atoms with E-state index in [1.807, 2.05) is 30.3 Å². The molecule has 0 aromatic heterocycles. The average molecular weight is 885 g/mol. The van der Waals surface area contributed by atoms with Crippen molar-refractivity contribution in [3.05, 3.63) is 89.0 Å². The molecule has 0 unspecified atom stereocenters. The predicted octanol–water partition coefficient (Wildman–Crippen LogP) is 5.02. The molecule has 2 aromatic carbocycles. The van der Waals surface area contributed by atoms with E-state index in [0.29, 0.717) is 11.1 Å². The number of likely N-dealkylation sites (N-methyl/N-ethyl adjacent to an activating group) is 1. The zero-order chi connectivity index (χ0) is 46.0. The van der Waals surface area contributed by atoms with E-state index in [1.54, 1.807) is 72.0 Å². The Balaban J connectivity index is 1.07. The Bertz CT molecular complexity index is 2120. The van der Waals surface area contributed by atoms with Crippen molar-refractivity contribution >= 4 is 41.8 Å². The molecule has 0 bridgehead atoms. The molecule has 2 aliphatic heterocycles. The molecule has 2 saturated heterocycles. The molecule has 15 heteroatoms. The first kappa shape index (κ1) is 46.6. The number of carbonyl (C=O) groups excluding carboxylic acids is 6. The largest absolute Gasteiger partial charge is 0.462 e. The number of cyclic esters (lactones) is 1. The third-order valence-corrected chi connectivity index (χ3v) is 12.3. The number of amides is 2. The van der Waals surface area contributed by atoms with E-state index in [-0.39, 0.29) is 49.7 Å². The lowest BCUT2D eigenvalue weighted by molar-refractivity contribution is -0.209. The maximum atomic E-state index is 14.6. The van der Waals surface area contributed by atoms with Crippen LogP contribution in [0.15, 0.2) is 72.3 Å². The second-order valence-electron chi connectivity index (χ2n) is 19.3. The molecule has 4 fully saturated rings. The van der Waals surface area contributed by atoms with Gasteiger partial charge >= 0.3 is 23.9 Å². The van der Waals surface area contributed by atoms with Crippen molar-refractivity contribution < 1.29 is 62.3 Å². The number of hydrogen-bond acceptors (Lipinski definition) is 13. The quantitative estimate of drug-likeness (QED) is 0.122. The first-order valence-electron chi connectivity index (χ1n) is 22.2. The lowest BCUT2D eigenvalue weighted by Gasteiger charge is -2.34. The van der Waals surface area contributed by atoms with E-state index in [0.717, 1.165) is 31.2 Å². The minimum absolute atomic E-state index is 0.00599.